The van der Waals surface area contributed by atoms with Crippen molar-refractivity contribution in [2.45, 2.75) is 6.92 Å². The van der Waals surface area contributed by atoms with Gasteiger partial charge >= 0.3 is 0 Å². The van der Waals surface area contributed by atoms with Crippen molar-refractivity contribution < 1.29 is 0 Å². The van der Waals surface area contributed by atoms with Crippen LogP contribution in [-0.2, 0) is 7.05 Å². The lowest BCUT2D eigenvalue weighted by atomic mass is 9.94. The van der Waals surface area contributed by atoms with Crippen molar-refractivity contribution in [1.29, 1.82) is 5.41 Å². The van der Waals surface area contributed by atoms with Gasteiger partial charge in [-0.3, -0.25) is 5.41 Å². The molecular formula is C39H32N4S. The molecule has 44 heavy (non-hydrogen) atoms. The summed E-state index contributed by atoms with van der Waals surface area (Å²) in [5.41, 5.74) is 15.8. The lowest BCUT2D eigenvalue weighted by molar-refractivity contribution is 1.02. The van der Waals surface area contributed by atoms with Crippen LogP contribution in [0, 0.1) is 5.41 Å². The van der Waals surface area contributed by atoms with E-state index < -0.39 is 0 Å². The molecule has 0 atom stereocenters. The second kappa shape index (κ2) is 11.0. The fourth-order valence-electron chi connectivity index (χ4n) is 6.32. The molecule has 0 bridgehead atoms. The number of aromatic nitrogens is 1. The summed E-state index contributed by atoms with van der Waals surface area (Å²) in [7, 11) is 2.21. The van der Waals surface area contributed by atoms with Crippen LogP contribution in [0.15, 0.2) is 139 Å². The maximum Gasteiger partial charge on any atom is 0.0862 e. The molecule has 5 N–H and O–H groups in total. The van der Waals surface area contributed by atoms with E-state index in [9.17, 15) is 0 Å². The Kier molecular flexibility index (Phi) is 6.88. The summed E-state index contributed by atoms with van der Waals surface area (Å²) in [5, 5.41) is 18.7. The average molecular weight is 589 g/mol. The molecule has 4 nitrogen and oxygen atoms in total. The quantitative estimate of drug-likeness (QED) is 0.109. The van der Waals surface area contributed by atoms with Crippen molar-refractivity contribution in [2.75, 3.05) is 0 Å². The summed E-state index contributed by atoms with van der Waals surface area (Å²) in [6, 6.07) is 40.3. The zero-order chi connectivity index (χ0) is 30.4. The molecule has 8 aromatic rings. The predicted octanol–water partition coefficient (Wildman–Crippen LogP) is 9.77. The summed E-state index contributed by atoms with van der Waals surface area (Å²) >= 11 is 1.92. The number of aryl methyl sites for hydroxylation is 1. The van der Waals surface area contributed by atoms with Crippen molar-refractivity contribution in [3.8, 4) is 0 Å². The van der Waals surface area contributed by atoms with E-state index in [1.165, 1.54) is 63.5 Å². The third-order valence-corrected chi connectivity index (χ3v) is 9.53. The summed E-state index contributed by atoms with van der Waals surface area (Å²) in [4.78, 5) is 0. The van der Waals surface area contributed by atoms with E-state index in [-0.39, 0.29) is 5.71 Å². The first kappa shape index (κ1) is 27.4. The van der Waals surface area contributed by atoms with Gasteiger partial charge in [-0.2, -0.15) is 0 Å². The molecule has 0 amide bonds. The highest BCUT2D eigenvalue weighted by Crippen LogP contribution is 2.48. The normalized spacial score (nSPS) is 12.4. The molecule has 0 saturated heterocycles. The van der Waals surface area contributed by atoms with Gasteiger partial charge in [0.15, 0.2) is 0 Å². The maximum atomic E-state index is 7.85. The number of fused-ring (bicyclic) bond motifs is 12. The zero-order valence-corrected chi connectivity index (χ0v) is 25.5. The minimum atomic E-state index is 0.256. The zero-order valence-electron chi connectivity index (χ0n) is 24.6. The number of allylic oxidation sites excluding steroid dienone is 3. The molecular weight excluding hydrogens is 557 g/mol. The van der Waals surface area contributed by atoms with Crippen molar-refractivity contribution in [3.63, 3.8) is 0 Å². The number of thiophene rings is 1. The molecule has 0 saturated carbocycles. The van der Waals surface area contributed by atoms with Gasteiger partial charge in [0.1, 0.15) is 0 Å². The molecule has 0 radical (unpaired) electrons. The number of benzene rings is 6. The van der Waals surface area contributed by atoms with E-state index in [0.29, 0.717) is 11.4 Å². The van der Waals surface area contributed by atoms with Crippen LogP contribution in [0.1, 0.15) is 12.5 Å². The Morgan fingerprint density at radius 1 is 0.682 bits per heavy atom. The minimum Gasteiger partial charge on any atom is -0.397 e. The molecule has 214 valence electrons. The molecule has 0 spiro atoms. The Morgan fingerprint density at radius 2 is 1.34 bits per heavy atom. The van der Waals surface area contributed by atoms with E-state index >= 15 is 0 Å². The van der Waals surface area contributed by atoms with Crippen LogP contribution in [0.2, 0.25) is 0 Å². The van der Waals surface area contributed by atoms with E-state index in [2.05, 4.69) is 96.5 Å². The number of nitrogens with one attached hydrogen (secondary N) is 1. The van der Waals surface area contributed by atoms with Gasteiger partial charge in [0.05, 0.1) is 27.3 Å². The number of hydrogen-bond donors (Lipinski definition) is 3. The van der Waals surface area contributed by atoms with Crippen LogP contribution in [-0.4, -0.2) is 10.3 Å². The molecule has 2 heterocycles. The van der Waals surface area contributed by atoms with E-state index in [1.807, 2.05) is 48.6 Å². The second-order valence-electron chi connectivity index (χ2n) is 10.9. The summed E-state index contributed by atoms with van der Waals surface area (Å²) in [6.45, 7) is 1.85. The first-order chi connectivity index (χ1) is 21.5. The SMILES string of the molecule is C/C=C\C(N)=C(/N)C(=N)c1ccccc1.Cn1c2ccccc2c2c3ccc4ccccc4c3c3c4ccccc4sc3c21. The van der Waals surface area contributed by atoms with Gasteiger partial charge in [-0.25, -0.2) is 0 Å². The average Bonchev–Trinajstić information content (AvgIpc) is 3.60. The van der Waals surface area contributed by atoms with Crippen LogP contribution in [0.4, 0.5) is 0 Å². The lowest BCUT2D eigenvalue weighted by Crippen LogP contribution is -2.17. The van der Waals surface area contributed by atoms with Crippen LogP contribution in [0.25, 0.3) is 63.5 Å². The van der Waals surface area contributed by atoms with Gasteiger partial charge in [0.25, 0.3) is 0 Å². The minimum absolute atomic E-state index is 0.256. The Morgan fingerprint density at radius 3 is 2.11 bits per heavy atom. The Labute approximate surface area is 259 Å². The van der Waals surface area contributed by atoms with Crippen molar-refractivity contribution in [1.82, 2.24) is 4.57 Å². The highest BCUT2D eigenvalue weighted by molar-refractivity contribution is 7.27. The molecule has 0 unspecified atom stereocenters. The van der Waals surface area contributed by atoms with Gasteiger partial charge in [-0.1, -0.05) is 109 Å². The van der Waals surface area contributed by atoms with Crippen molar-refractivity contribution in [3.05, 3.63) is 144 Å². The Bertz CT molecular complexity index is 2440. The van der Waals surface area contributed by atoms with Gasteiger partial charge in [-0.05, 0) is 46.7 Å². The van der Waals surface area contributed by atoms with Gasteiger partial charge in [0, 0.05) is 44.4 Å². The molecule has 0 aliphatic heterocycles. The fraction of sp³-hybridized carbons (Fsp3) is 0.0513. The smallest absolute Gasteiger partial charge is 0.0862 e. The third kappa shape index (κ3) is 4.32. The van der Waals surface area contributed by atoms with E-state index in [1.54, 1.807) is 12.2 Å². The van der Waals surface area contributed by atoms with Gasteiger partial charge < -0.3 is 16.0 Å². The van der Waals surface area contributed by atoms with E-state index in [4.69, 9.17) is 16.9 Å². The Hall–Kier alpha value is -5.39. The number of para-hydroxylation sites is 1. The van der Waals surface area contributed by atoms with Crippen molar-refractivity contribution >= 4 is 80.6 Å². The van der Waals surface area contributed by atoms with Crippen LogP contribution in [0.5, 0.6) is 0 Å². The molecule has 6 aromatic carbocycles. The summed E-state index contributed by atoms with van der Waals surface area (Å²) in [5.74, 6) is 0. The molecule has 0 aliphatic carbocycles. The second-order valence-corrected chi connectivity index (χ2v) is 12.0. The molecule has 0 aliphatic rings. The van der Waals surface area contributed by atoms with E-state index in [0.717, 1.165) is 5.56 Å². The summed E-state index contributed by atoms with van der Waals surface area (Å²) < 4.78 is 5.13. The maximum absolute atomic E-state index is 7.85. The van der Waals surface area contributed by atoms with Gasteiger partial charge in [0.2, 0.25) is 0 Å². The van der Waals surface area contributed by atoms with Crippen LogP contribution >= 0.6 is 11.3 Å². The van der Waals surface area contributed by atoms with Crippen LogP contribution < -0.4 is 11.5 Å². The molecule has 5 heteroatoms. The van der Waals surface area contributed by atoms with Crippen molar-refractivity contribution in [2.24, 2.45) is 18.5 Å². The van der Waals surface area contributed by atoms with Crippen LogP contribution in [0.3, 0.4) is 0 Å². The number of nitrogens with two attached hydrogens (primary N) is 2. The standard InChI is InChI=1S/C27H17NS.C12H15N3/c1-28-21-12-6-4-10-18(21)24-20-15-14-16-8-2-3-9-17(16)23(20)25-19-11-5-7-13-22(19)29-27(25)26(24)28;1-2-6-10(13)12(15)11(14)9-7-4-3-5-8-9/h2-15H,1H3;2-8,14H,13,15H2,1H3/b;6-2-,12-10+,14-11?. The predicted molar refractivity (Wildman–Crippen MR) is 192 cm³/mol. The largest absolute Gasteiger partial charge is 0.397 e. The highest BCUT2D eigenvalue weighted by Gasteiger charge is 2.20. The first-order valence-corrected chi connectivity index (χ1v) is 15.4. The summed E-state index contributed by atoms with van der Waals surface area (Å²) in [6.07, 6.45) is 3.48. The molecule has 0 fully saturated rings. The fourth-order valence-corrected chi connectivity index (χ4v) is 7.61. The monoisotopic (exact) mass is 588 g/mol. The number of hydrogen-bond acceptors (Lipinski definition) is 4. The Balaban J connectivity index is 0.000000178. The topological polar surface area (TPSA) is 80.8 Å². The number of nitrogens with zero attached hydrogens (tertiary/aromatic N) is 1. The number of rotatable bonds is 3. The lowest BCUT2D eigenvalue weighted by Gasteiger charge is -2.09. The highest BCUT2D eigenvalue weighted by atomic mass is 32.1. The molecule has 2 aromatic heterocycles. The first-order valence-electron chi connectivity index (χ1n) is 14.6. The van der Waals surface area contributed by atoms with Gasteiger partial charge in [-0.15, -0.1) is 11.3 Å². The third-order valence-electron chi connectivity index (χ3n) is 8.35. The molecule has 8 rings (SSSR count).